The van der Waals surface area contributed by atoms with E-state index >= 15 is 0 Å². The summed E-state index contributed by atoms with van der Waals surface area (Å²) in [6, 6.07) is 0. The molecule has 0 aliphatic rings. The second-order valence-corrected chi connectivity index (χ2v) is 5.12. The molecule has 0 saturated heterocycles. The third-order valence-electron chi connectivity index (χ3n) is 2.78. The Hall–Kier alpha value is -0.320. The van der Waals surface area contributed by atoms with Crippen molar-refractivity contribution < 1.29 is 9.53 Å². The predicted octanol–water partition coefficient (Wildman–Crippen LogP) is 1.44. The molecule has 0 aromatic rings. The monoisotopic (exact) mass is 266 g/mol. The molecule has 0 bridgehead atoms. The Morgan fingerprint density at radius 2 is 1.82 bits per heavy atom. The Labute approximate surface area is 111 Å². The number of amides is 1. The highest BCUT2D eigenvalue weighted by Gasteiger charge is 2.26. The Balaban J connectivity index is 0. The minimum atomic E-state index is 0. The van der Waals surface area contributed by atoms with Gasteiger partial charge in [-0.05, 0) is 5.41 Å². The first-order chi connectivity index (χ1) is 7.39. The summed E-state index contributed by atoms with van der Waals surface area (Å²) in [5.74, 6) is 0.160. The molecule has 0 saturated carbocycles. The molecule has 5 heteroatoms. The van der Waals surface area contributed by atoms with Crippen molar-refractivity contribution in [1.82, 2.24) is 10.6 Å². The number of methoxy groups -OCH3 is 1. The molecule has 17 heavy (non-hydrogen) atoms. The molecule has 0 aromatic heterocycles. The summed E-state index contributed by atoms with van der Waals surface area (Å²) in [6.07, 6.45) is 0. The van der Waals surface area contributed by atoms with E-state index in [1.807, 2.05) is 6.92 Å². The van der Waals surface area contributed by atoms with Crippen LogP contribution in [0, 0.1) is 11.3 Å². The smallest absolute Gasteiger partial charge is 0.223 e. The van der Waals surface area contributed by atoms with Gasteiger partial charge in [0.1, 0.15) is 0 Å². The van der Waals surface area contributed by atoms with Crippen LogP contribution in [0.2, 0.25) is 0 Å². The van der Waals surface area contributed by atoms with Crippen molar-refractivity contribution in [2.75, 3.05) is 33.4 Å². The maximum absolute atomic E-state index is 11.7. The normalized spacial score (nSPS) is 12.8. The van der Waals surface area contributed by atoms with Gasteiger partial charge in [-0.2, -0.15) is 0 Å². The number of carbonyl (C=O) groups is 1. The molecule has 0 spiro atoms. The molecule has 0 fully saturated rings. The average molecular weight is 267 g/mol. The molecule has 4 nitrogen and oxygen atoms in total. The van der Waals surface area contributed by atoms with Gasteiger partial charge in [-0.25, -0.2) is 0 Å². The minimum Gasteiger partial charge on any atom is -0.383 e. The van der Waals surface area contributed by atoms with E-state index in [-0.39, 0.29) is 29.6 Å². The summed E-state index contributed by atoms with van der Waals surface area (Å²) >= 11 is 0. The summed E-state index contributed by atoms with van der Waals surface area (Å²) < 4.78 is 4.90. The van der Waals surface area contributed by atoms with Gasteiger partial charge in [-0.15, -0.1) is 12.4 Å². The van der Waals surface area contributed by atoms with E-state index in [1.165, 1.54) is 0 Å². The highest BCUT2D eigenvalue weighted by Crippen LogP contribution is 2.24. The van der Waals surface area contributed by atoms with E-state index in [0.717, 1.165) is 13.1 Å². The van der Waals surface area contributed by atoms with E-state index in [1.54, 1.807) is 7.11 Å². The molecule has 0 rings (SSSR count). The highest BCUT2D eigenvalue weighted by atomic mass is 35.5. The number of hydrogen-bond donors (Lipinski definition) is 2. The van der Waals surface area contributed by atoms with Crippen molar-refractivity contribution in [2.45, 2.75) is 27.7 Å². The fourth-order valence-electron chi connectivity index (χ4n) is 1.12. The zero-order valence-electron chi connectivity index (χ0n) is 11.6. The molecule has 0 radical (unpaired) electrons. The maximum atomic E-state index is 11.7. The predicted molar refractivity (Wildman–Crippen MR) is 73.6 cm³/mol. The van der Waals surface area contributed by atoms with Crippen molar-refractivity contribution in [3.8, 4) is 0 Å². The fourth-order valence-corrected chi connectivity index (χ4v) is 1.12. The first kappa shape index (κ1) is 19.0. The number of hydrogen-bond acceptors (Lipinski definition) is 3. The average Bonchev–Trinajstić information content (AvgIpc) is 2.20. The molecule has 2 N–H and O–H groups in total. The molecular formula is C12H27ClN2O2. The van der Waals surface area contributed by atoms with Gasteiger partial charge in [0.2, 0.25) is 5.91 Å². The molecule has 1 atom stereocenters. The number of carbonyl (C=O) groups excluding carboxylic acids is 1. The van der Waals surface area contributed by atoms with Crippen LogP contribution in [0.5, 0.6) is 0 Å². The zero-order chi connectivity index (χ0) is 12.6. The van der Waals surface area contributed by atoms with Crippen LogP contribution in [0.3, 0.4) is 0 Å². The van der Waals surface area contributed by atoms with E-state index in [2.05, 4.69) is 31.4 Å². The third kappa shape index (κ3) is 9.39. The van der Waals surface area contributed by atoms with Crippen molar-refractivity contribution in [2.24, 2.45) is 11.3 Å². The van der Waals surface area contributed by atoms with Gasteiger partial charge >= 0.3 is 0 Å². The van der Waals surface area contributed by atoms with Gasteiger partial charge in [0.15, 0.2) is 0 Å². The summed E-state index contributed by atoms with van der Waals surface area (Å²) in [6.45, 7) is 11.2. The minimum absolute atomic E-state index is 0. The molecule has 104 valence electrons. The Morgan fingerprint density at radius 1 is 1.24 bits per heavy atom. The van der Waals surface area contributed by atoms with Gasteiger partial charge in [-0.3, -0.25) is 4.79 Å². The van der Waals surface area contributed by atoms with Gasteiger partial charge in [0.05, 0.1) is 6.61 Å². The summed E-state index contributed by atoms with van der Waals surface area (Å²) in [5, 5.41) is 6.10. The largest absolute Gasteiger partial charge is 0.383 e. The van der Waals surface area contributed by atoms with Crippen LogP contribution in [0.1, 0.15) is 27.7 Å². The number of nitrogens with one attached hydrogen (secondary N) is 2. The summed E-state index contributed by atoms with van der Waals surface area (Å²) in [7, 11) is 1.68. The Bertz CT molecular complexity index is 205. The van der Waals surface area contributed by atoms with Crippen molar-refractivity contribution in [3.63, 3.8) is 0 Å². The second-order valence-electron chi connectivity index (χ2n) is 5.12. The van der Waals surface area contributed by atoms with E-state index < -0.39 is 0 Å². The molecule has 0 aliphatic carbocycles. The van der Waals surface area contributed by atoms with Crippen LogP contribution in [0.4, 0.5) is 0 Å². The lowest BCUT2D eigenvalue weighted by Crippen LogP contribution is -2.39. The van der Waals surface area contributed by atoms with E-state index in [4.69, 9.17) is 4.74 Å². The number of halogens is 1. The SMILES string of the molecule is COCCNCCNC(=O)C(C)C(C)(C)C.Cl. The summed E-state index contributed by atoms with van der Waals surface area (Å²) in [4.78, 5) is 11.7. The molecule has 0 aliphatic heterocycles. The van der Waals surface area contributed by atoms with Crippen molar-refractivity contribution in [3.05, 3.63) is 0 Å². The highest BCUT2D eigenvalue weighted by molar-refractivity contribution is 5.85. The van der Waals surface area contributed by atoms with Crippen LogP contribution in [-0.4, -0.2) is 39.3 Å². The van der Waals surface area contributed by atoms with Crippen LogP contribution in [-0.2, 0) is 9.53 Å². The lowest BCUT2D eigenvalue weighted by atomic mass is 9.81. The topological polar surface area (TPSA) is 50.4 Å². The molecule has 1 amide bonds. The van der Waals surface area contributed by atoms with Gasteiger partial charge < -0.3 is 15.4 Å². The Morgan fingerprint density at radius 3 is 2.29 bits per heavy atom. The van der Waals surface area contributed by atoms with Gasteiger partial charge in [0, 0.05) is 32.7 Å². The maximum Gasteiger partial charge on any atom is 0.223 e. The number of rotatable bonds is 7. The molecular weight excluding hydrogens is 240 g/mol. The molecule has 0 heterocycles. The second kappa shape index (κ2) is 9.68. The van der Waals surface area contributed by atoms with E-state index in [9.17, 15) is 4.79 Å². The molecule has 0 aromatic carbocycles. The van der Waals surface area contributed by atoms with Crippen molar-refractivity contribution in [1.29, 1.82) is 0 Å². The first-order valence-electron chi connectivity index (χ1n) is 5.87. The van der Waals surface area contributed by atoms with E-state index in [0.29, 0.717) is 13.2 Å². The van der Waals surface area contributed by atoms with Gasteiger partial charge in [0.25, 0.3) is 0 Å². The van der Waals surface area contributed by atoms with Crippen LogP contribution in [0.15, 0.2) is 0 Å². The molecule has 1 unspecified atom stereocenters. The fraction of sp³-hybridized carbons (Fsp3) is 0.917. The first-order valence-corrected chi connectivity index (χ1v) is 5.87. The van der Waals surface area contributed by atoms with Crippen LogP contribution >= 0.6 is 12.4 Å². The lowest BCUT2D eigenvalue weighted by molar-refractivity contribution is -0.127. The van der Waals surface area contributed by atoms with Crippen LogP contribution < -0.4 is 10.6 Å². The third-order valence-corrected chi connectivity index (χ3v) is 2.78. The summed E-state index contributed by atoms with van der Waals surface area (Å²) in [5.41, 5.74) is 0.0214. The number of ether oxygens (including phenoxy) is 1. The zero-order valence-corrected chi connectivity index (χ0v) is 12.4. The Kier molecular flexibility index (Phi) is 10.8. The quantitative estimate of drug-likeness (QED) is 0.686. The van der Waals surface area contributed by atoms with Crippen molar-refractivity contribution >= 4 is 18.3 Å². The van der Waals surface area contributed by atoms with Crippen LogP contribution in [0.25, 0.3) is 0 Å². The van der Waals surface area contributed by atoms with Gasteiger partial charge in [-0.1, -0.05) is 27.7 Å². The standard InChI is InChI=1S/C12H26N2O2.ClH/c1-10(12(2,3)4)11(15)14-7-6-13-8-9-16-5;/h10,13H,6-9H2,1-5H3,(H,14,15);1H. The lowest BCUT2D eigenvalue weighted by Gasteiger charge is -2.26.